The van der Waals surface area contributed by atoms with Crippen molar-refractivity contribution in [3.63, 3.8) is 0 Å². The van der Waals surface area contributed by atoms with E-state index in [-0.39, 0.29) is 12.4 Å². The molecule has 0 fully saturated rings. The second-order valence-electron chi connectivity index (χ2n) is 6.49. The Hall–Kier alpha value is -2.43. The molecule has 0 bridgehead atoms. The van der Waals surface area contributed by atoms with Crippen LogP contribution in [0.25, 0.3) is 22.4 Å². The van der Waals surface area contributed by atoms with Crippen molar-refractivity contribution < 1.29 is 4.39 Å². The Balaban J connectivity index is 2.00. The number of benzene rings is 2. The fourth-order valence-corrected chi connectivity index (χ4v) is 3.57. The molecule has 2 aromatic carbocycles. The largest absolute Gasteiger partial charge is 0.319 e. The third-order valence-corrected chi connectivity index (χ3v) is 5.40. The van der Waals surface area contributed by atoms with E-state index < -0.39 is 0 Å². The first-order valence-corrected chi connectivity index (χ1v) is 9.22. The van der Waals surface area contributed by atoms with Gasteiger partial charge in [-0.15, -0.1) is 0 Å². The zero-order chi connectivity index (χ0) is 19.1. The molecule has 0 radical (unpaired) electrons. The van der Waals surface area contributed by atoms with Crippen molar-refractivity contribution in [2.75, 3.05) is 0 Å². The molecule has 0 atom stereocenters. The Bertz CT molecular complexity index is 1150. The second kappa shape index (κ2) is 6.95. The van der Waals surface area contributed by atoms with Crippen molar-refractivity contribution in [3.8, 4) is 11.4 Å². The highest BCUT2D eigenvalue weighted by Crippen LogP contribution is 2.32. The van der Waals surface area contributed by atoms with Crippen molar-refractivity contribution in [1.29, 1.82) is 0 Å². The molecule has 0 unspecified atom stereocenters. The van der Waals surface area contributed by atoms with Crippen LogP contribution in [-0.2, 0) is 6.54 Å². The third kappa shape index (κ3) is 3.20. The number of nitrogens with zero attached hydrogens (tertiary/aromatic N) is 3. The first-order valence-electron chi connectivity index (χ1n) is 8.47. The van der Waals surface area contributed by atoms with Gasteiger partial charge < -0.3 is 4.57 Å². The Morgan fingerprint density at radius 2 is 1.81 bits per heavy atom. The van der Waals surface area contributed by atoms with Crippen LogP contribution >= 0.6 is 23.2 Å². The molecule has 3 nitrogen and oxygen atoms in total. The zero-order valence-corrected chi connectivity index (χ0v) is 16.3. The summed E-state index contributed by atoms with van der Waals surface area (Å²) in [5.41, 5.74) is 5.09. The monoisotopic (exact) mass is 399 g/mol. The van der Waals surface area contributed by atoms with Gasteiger partial charge in [-0.1, -0.05) is 29.3 Å². The molecular weight excluding hydrogens is 384 g/mol. The van der Waals surface area contributed by atoms with Crippen molar-refractivity contribution in [1.82, 2.24) is 14.5 Å². The molecule has 2 aromatic heterocycles. The molecule has 0 saturated carbocycles. The number of aromatic nitrogens is 3. The Labute approximate surface area is 166 Å². The molecule has 0 amide bonds. The van der Waals surface area contributed by atoms with Crippen LogP contribution < -0.4 is 0 Å². The molecule has 0 saturated heterocycles. The highest BCUT2D eigenvalue weighted by atomic mass is 35.5. The van der Waals surface area contributed by atoms with Gasteiger partial charge in [0, 0.05) is 16.8 Å². The van der Waals surface area contributed by atoms with Crippen LogP contribution in [-0.4, -0.2) is 14.5 Å². The molecule has 4 aromatic rings. The number of hydrogen-bond acceptors (Lipinski definition) is 2. The Morgan fingerprint density at radius 3 is 2.56 bits per heavy atom. The predicted molar refractivity (Wildman–Crippen MR) is 108 cm³/mol. The lowest BCUT2D eigenvalue weighted by Crippen LogP contribution is -2.05. The zero-order valence-electron chi connectivity index (χ0n) is 14.8. The fraction of sp³-hybridized carbons (Fsp3) is 0.143. The van der Waals surface area contributed by atoms with Gasteiger partial charge in [-0.3, -0.25) is 0 Å². The number of hydrogen-bond donors (Lipinski definition) is 0. The van der Waals surface area contributed by atoms with Crippen LogP contribution in [0.15, 0.2) is 48.7 Å². The molecule has 0 aliphatic heterocycles. The van der Waals surface area contributed by atoms with Crippen LogP contribution in [0.4, 0.5) is 4.39 Å². The molecule has 0 aliphatic rings. The summed E-state index contributed by atoms with van der Waals surface area (Å²) in [7, 11) is 0. The average molecular weight is 400 g/mol. The lowest BCUT2D eigenvalue weighted by atomic mass is 10.1. The standard InChI is InChI=1S/C21H16Cl2FN3/c1-12-9-18-19(10-13(12)2)27(11-15-16(22)6-3-7-17(15)24)21(26-18)14-5-4-8-25-20(14)23/h3-10H,11H2,1-2H3. The van der Waals surface area contributed by atoms with Gasteiger partial charge in [0.25, 0.3) is 0 Å². The summed E-state index contributed by atoms with van der Waals surface area (Å²) in [6.45, 7) is 4.32. The number of imidazole rings is 1. The summed E-state index contributed by atoms with van der Waals surface area (Å²) in [4.78, 5) is 8.93. The highest BCUT2D eigenvalue weighted by Gasteiger charge is 2.19. The van der Waals surface area contributed by atoms with Crippen molar-refractivity contribution in [2.45, 2.75) is 20.4 Å². The van der Waals surface area contributed by atoms with E-state index in [1.54, 1.807) is 24.4 Å². The molecule has 6 heteroatoms. The predicted octanol–water partition coefficient (Wildman–Crippen LogP) is 6.21. The van der Waals surface area contributed by atoms with Gasteiger partial charge in [-0.25, -0.2) is 14.4 Å². The first-order chi connectivity index (χ1) is 13.0. The molecule has 2 heterocycles. The van der Waals surface area contributed by atoms with Gasteiger partial charge in [0.2, 0.25) is 0 Å². The second-order valence-corrected chi connectivity index (χ2v) is 7.25. The van der Waals surface area contributed by atoms with Gasteiger partial charge >= 0.3 is 0 Å². The van der Waals surface area contributed by atoms with Crippen LogP contribution in [0.3, 0.4) is 0 Å². The van der Waals surface area contributed by atoms with E-state index in [9.17, 15) is 4.39 Å². The van der Waals surface area contributed by atoms with Crippen LogP contribution in [0.5, 0.6) is 0 Å². The number of rotatable bonds is 3. The maximum atomic E-state index is 14.4. The molecule has 0 N–H and O–H groups in total. The van der Waals surface area contributed by atoms with Crippen molar-refractivity contribution >= 4 is 34.2 Å². The molecule has 0 spiro atoms. The van der Waals surface area contributed by atoms with E-state index in [0.717, 1.165) is 22.2 Å². The fourth-order valence-electron chi connectivity index (χ4n) is 3.14. The molecule has 0 aliphatic carbocycles. The topological polar surface area (TPSA) is 30.7 Å². The van der Waals surface area contributed by atoms with Crippen LogP contribution in [0, 0.1) is 19.7 Å². The first kappa shape index (κ1) is 18.0. The van der Waals surface area contributed by atoms with E-state index in [1.165, 1.54) is 6.07 Å². The quantitative estimate of drug-likeness (QED) is 0.383. The lowest BCUT2D eigenvalue weighted by Gasteiger charge is -2.12. The van der Waals surface area contributed by atoms with E-state index in [1.807, 2.05) is 30.5 Å². The summed E-state index contributed by atoms with van der Waals surface area (Å²) < 4.78 is 16.4. The van der Waals surface area contributed by atoms with Gasteiger partial charge in [0.1, 0.15) is 16.8 Å². The number of fused-ring (bicyclic) bond motifs is 1. The number of aryl methyl sites for hydroxylation is 2. The summed E-state index contributed by atoms with van der Waals surface area (Å²) in [6, 6.07) is 12.4. The molecule has 27 heavy (non-hydrogen) atoms. The van der Waals surface area contributed by atoms with Gasteiger partial charge in [-0.2, -0.15) is 0 Å². The summed E-state index contributed by atoms with van der Waals surface area (Å²) in [5, 5.41) is 0.728. The number of pyridine rings is 1. The summed E-state index contributed by atoms with van der Waals surface area (Å²) in [5.74, 6) is 0.281. The average Bonchev–Trinajstić information content (AvgIpc) is 2.96. The smallest absolute Gasteiger partial charge is 0.144 e. The van der Waals surface area contributed by atoms with E-state index in [2.05, 4.69) is 11.1 Å². The van der Waals surface area contributed by atoms with E-state index >= 15 is 0 Å². The Morgan fingerprint density at radius 1 is 1.04 bits per heavy atom. The van der Waals surface area contributed by atoms with Crippen LogP contribution in [0.1, 0.15) is 16.7 Å². The highest BCUT2D eigenvalue weighted by molar-refractivity contribution is 6.32. The lowest BCUT2D eigenvalue weighted by molar-refractivity contribution is 0.602. The molecule has 136 valence electrons. The third-order valence-electron chi connectivity index (χ3n) is 4.74. The van der Waals surface area contributed by atoms with Gasteiger partial charge in [0.05, 0.1) is 23.1 Å². The normalized spacial score (nSPS) is 11.3. The SMILES string of the molecule is Cc1cc2nc(-c3cccnc3Cl)n(Cc3c(F)cccc3Cl)c2cc1C. The van der Waals surface area contributed by atoms with Crippen molar-refractivity contribution in [3.05, 3.63) is 81.3 Å². The minimum absolute atomic E-state index is 0.241. The van der Waals surface area contributed by atoms with Crippen molar-refractivity contribution in [2.24, 2.45) is 0 Å². The number of halogens is 3. The maximum Gasteiger partial charge on any atom is 0.144 e. The summed E-state index contributed by atoms with van der Waals surface area (Å²) >= 11 is 12.6. The minimum atomic E-state index is -0.351. The van der Waals surface area contributed by atoms with E-state index in [4.69, 9.17) is 28.2 Å². The van der Waals surface area contributed by atoms with Gasteiger partial charge in [0.15, 0.2) is 0 Å². The van der Waals surface area contributed by atoms with Crippen LogP contribution in [0.2, 0.25) is 10.2 Å². The summed E-state index contributed by atoms with van der Waals surface area (Å²) in [6.07, 6.45) is 1.63. The molecule has 4 rings (SSSR count). The van der Waals surface area contributed by atoms with E-state index in [0.29, 0.717) is 27.1 Å². The maximum absolute atomic E-state index is 14.4. The minimum Gasteiger partial charge on any atom is -0.319 e. The Kier molecular flexibility index (Phi) is 4.62. The molecular formula is C21H16Cl2FN3. The van der Waals surface area contributed by atoms with Gasteiger partial charge in [-0.05, 0) is 61.4 Å².